The number of anilines is 2. The van der Waals surface area contributed by atoms with Gasteiger partial charge in [-0.2, -0.15) is 13.2 Å². The van der Waals surface area contributed by atoms with Crippen LogP contribution in [0, 0.1) is 13.8 Å². The molecule has 9 nitrogen and oxygen atoms in total. The number of aryl methyl sites for hydroxylation is 2. The highest BCUT2D eigenvalue weighted by atomic mass is 19.4. The molecular formula is C36H31F3N4O5. The SMILES string of the molecule is CCN(CCc1ccc(NC(=O)c2cc(C)c(C)cc2NC(=O)c2cc(=O)c3ccccc3o2)cc1)C(=O)c1ccc(C(F)(F)F)nc1. The summed E-state index contributed by atoms with van der Waals surface area (Å²) in [6.07, 6.45) is -3.20. The number of rotatable bonds is 9. The number of aromatic nitrogens is 1. The van der Waals surface area contributed by atoms with E-state index in [0.717, 1.165) is 41.1 Å². The zero-order chi connectivity index (χ0) is 34.6. The van der Waals surface area contributed by atoms with E-state index in [1.165, 1.54) is 4.90 Å². The van der Waals surface area contributed by atoms with E-state index in [0.29, 0.717) is 30.6 Å². The molecule has 5 rings (SSSR count). The van der Waals surface area contributed by atoms with E-state index in [-0.39, 0.29) is 33.6 Å². The minimum atomic E-state index is -4.59. The van der Waals surface area contributed by atoms with Crippen molar-refractivity contribution in [1.29, 1.82) is 0 Å². The first-order chi connectivity index (χ1) is 22.8. The molecule has 0 radical (unpaired) electrons. The number of amides is 3. The molecule has 0 atom stereocenters. The van der Waals surface area contributed by atoms with Crippen molar-refractivity contribution >= 4 is 40.1 Å². The number of benzene rings is 3. The number of nitrogens with one attached hydrogen (secondary N) is 2. The average molecular weight is 657 g/mol. The monoisotopic (exact) mass is 656 g/mol. The fraction of sp³-hybridized carbons (Fsp3) is 0.194. The Bertz CT molecular complexity index is 2060. The minimum Gasteiger partial charge on any atom is -0.451 e. The zero-order valence-corrected chi connectivity index (χ0v) is 26.3. The van der Waals surface area contributed by atoms with Crippen LogP contribution >= 0.6 is 0 Å². The Hall–Kier alpha value is -5.78. The molecule has 2 heterocycles. The number of carbonyl (C=O) groups excluding carboxylic acids is 3. The number of pyridine rings is 1. The number of carbonyl (C=O) groups is 3. The third kappa shape index (κ3) is 7.60. The van der Waals surface area contributed by atoms with Crippen LogP contribution in [0.2, 0.25) is 0 Å². The molecule has 2 aromatic heterocycles. The van der Waals surface area contributed by atoms with E-state index in [1.807, 2.05) is 13.8 Å². The molecule has 0 spiro atoms. The second kappa shape index (κ2) is 13.9. The fourth-order valence-corrected chi connectivity index (χ4v) is 5.00. The van der Waals surface area contributed by atoms with E-state index in [1.54, 1.807) is 67.6 Å². The van der Waals surface area contributed by atoms with E-state index < -0.39 is 29.6 Å². The molecule has 3 aromatic carbocycles. The number of likely N-dealkylation sites (N-methyl/N-ethyl adjacent to an activating group) is 1. The lowest BCUT2D eigenvalue weighted by Gasteiger charge is -2.21. The highest BCUT2D eigenvalue weighted by molar-refractivity contribution is 6.12. The van der Waals surface area contributed by atoms with Gasteiger partial charge in [-0.1, -0.05) is 24.3 Å². The molecule has 5 aromatic rings. The van der Waals surface area contributed by atoms with Crippen LogP contribution < -0.4 is 16.1 Å². The van der Waals surface area contributed by atoms with Gasteiger partial charge in [0.2, 0.25) is 0 Å². The Morgan fingerprint density at radius 1 is 0.875 bits per heavy atom. The summed E-state index contributed by atoms with van der Waals surface area (Å²) in [6.45, 7) is 6.11. The summed E-state index contributed by atoms with van der Waals surface area (Å²) in [5.41, 5.74) is 2.34. The zero-order valence-electron chi connectivity index (χ0n) is 26.3. The van der Waals surface area contributed by atoms with Gasteiger partial charge in [-0.3, -0.25) is 24.2 Å². The number of fused-ring (bicyclic) bond motifs is 1. The summed E-state index contributed by atoms with van der Waals surface area (Å²) >= 11 is 0. The Morgan fingerprint density at radius 2 is 1.58 bits per heavy atom. The number of halogens is 3. The average Bonchev–Trinajstić information content (AvgIpc) is 3.06. The Labute approximate surface area is 273 Å². The quantitative estimate of drug-likeness (QED) is 0.176. The predicted molar refractivity (Wildman–Crippen MR) is 175 cm³/mol. The van der Waals surface area contributed by atoms with Crippen LogP contribution in [-0.4, -0.2) is 40.7 Å². The van der Waals surface area contributed by atoms with Crippen LogP contribution in [0.5, 0.6) is 0 Å². The van der Waals surface area contributed by atoms with Crippen molar-refractivity contribution in [3.05, 3.63) is 135 Å². The first-order valence-electron chi connectivity index (χ1n) is 15.0. The third-order valence-electron chi connectivity index (χ3n) is 7.84. The van der Waals surface area contributed by atoms with E-state index in [9.17, 15) is 32.3 Å². The summed E-state index contributed by atoms with van der Waals surface area (Å²) in [6, 6.07) is 19.9. The number of nitrogens with zero attached hydrogens (tertiary/aromatic N) is 2. The standard InChI is InChI=1S/C36H31F3N4O5/c1-4-43(35(47)24-11-14-32(40-20-24)36(37,38)39)16-15-23-9-12-25(13-10-23)41-33(45)27-17-21(2)22(3)18-28(27)42-34(46)31-19-29(44)26-7-5-6-8-30(26)48-31/h5-14,17-20H,4,15-16H2,1-3H3,(H,41,45)(H,42,46). The molecule has 0 aliphatic carbocycles. The van der Waals surface area contributed by atoms with Crippen LogP contribution in [0.4, 0.5) is 24.5 Å². The first kappa shape index (κ1) is 33.6. The van der Waals surface area contributed by atoms with Crippen molar-refractivity contribution in [2.75, 3.05) is 23.7 Å². The largest absolute Gasteiger partial charge is 0.451 e. The van der Waals surface area contributed by atoms with Crippen LogP contribution in [0.1, 0.15) is 60.6 Å². The van der Waals surface area contributed by atoms with Crippen LogP contribution in [-0.2, 0) is 12.6 Å². The second-order valence-corrected chi connectivity index (χ2v) is 11.1. The molecule has 12 heteroatoms. The smallest absolute Gasteiger partial charge is 0.433 e. The van der Waals surface area contributed by atoms with Gasteiger partial charge in [-0.05, 0) is 92.4 Å². The molecule has 0 bridgehead atoms. The molecule has 0 saturated heterocycles. The van der Waals surface area contributed by atoms with Gasteiger partial charge in [0.05, 0.1) is 22.2 Å². The van der Waals surface area contributed by atoms with Crippen molar-refractivity contribution in [1.82, 2.24) is 9.88 Å². The molecule has 48 heavy (non-hydrogen) atoms. The van der Waals surface area contributed by atoms with E-state index >= 15 is 0 Å². The number of hydrogen-bond donors (Lipinski definition) is 2. The summed E-state index contributed by atoms with van der Waals surface area (Å²) in [5.74, 6) is -1.79. The lowest BCUT2D eigenvalue weighted by molar-refractivity contribution is -0.141. The topological polar surface area (TPSA) is 122 Å². The molecule has 2 N–H and O–H groups in total. The summed E-state index contributed by atoms with van der Waals surface area (Å²) in [7, 11) is 0. The van der Waals surface area contributed by atoms with Gasteiger partial charge in [0.15, 0.2) is 11.2 Å². The number of hydrogen-bond acceptors (Lipinski definition) is 6. The van der Waals surface area contributed by atoms with Crippen LogP contribution in [0.15, 0.2) is 94.3 Å². The Balaban J connectivity index is 1.25. The molecule has 0 unspecified atom stereocenters. The summed E-state index contributed by atoms with van der Waals surface area (Å²) in [5, 5.41) is 5.89. The van der Waals surface area contributed by atoms with Crippen molar-refractivity contribution in [3.8, 4) is 0 Å². The van der Waals surface area contributed by atoms with Gasteiger partial charge < -0.3 is 20.0 Å². The van der Waals surface area contributed by atoms with Crippen molar-refractivity contribution in [2.45, 2.75) is 33.4 Å². The van der Waals surface area contributed by atoms with Gasteiger partial charge in [0, 0.05) is 31.0 Å². The lowest BCUT2D eigenvalue weighted by Crippen LogP contribution is -2.33. The molecule has 0 fully saturated rings. The Morgan fingerprint density at radius 3 is 2.25 bits per heavy atom. The highest BCUT2D eigenvalue weighted by Crippen LogP contribution is 2.27. The highest BCUT2D eigenvalue weighted by Gasteiger charge is 2.32. The normalized spacial score (nSPS) is 11.3. The van der Waals surface area contributed by atoms with Gasteiger partial charge >= 0.3 is 6.18 Å². The van der Waals surface area contributed by atoms with Gasteiger partial charge in [-0.15, -0.1) is 0 Å². The maximum atomic E-state index is 13.4. The number of alkyl halides is 3. The fourth-order valence-electron chi connectivity index (χ4n) is 5.00. The first-order valence-corrected chi connectivity index (χ1v) is 15.0. The van der Waals surface area contributed by atoms with E-state index in [2.05, 4.69) is 15.6 Å². The van der Waals surface area contributed by atoms with E-state index in [4.69, 9.17) is 4.42 Å². The van der Waals surface area contributed by atoms with Crippen LogP contribution in [0.3, 0.4) is 0 Å². The molecule has 0 aliphatic rings. The van der Waals surface area contributed by atoms with Gasteiger partial charge in [0.1, 0.15) is 11.3 Å². The maximum absolute atomic E-state index is 13.4. The summed E-state index contributed by atoms with van der Waals surface area (Å²) in [4.78, 5) is 56.8. The molecular weight excluding hydrogens is 625 g/mol. The Kier molecular flexibility index (Phi) is 9.74. The summed E-state index contributed by atoms with van der Waals surface area (Å²) < 4.78 is 44.2. The minimum absolute atomic E-state index is 0.0617. The predicted octanol–water partition coefficient (Wildman–Crippen LogP) is 7.03. The molecule has 3 amide bonds. The molecule has 0 saturated carbocycles. The second-order valence-electron chi connectivity index (χ2n) is 11.1. The van der Waals surface area contributed by atoms with Crippen molar-refractivity contribution < 1.29 is 32.0 Å². The van der Waals surface area contributed by atoms with Crippen molar-refractivity contribution in [3.63, 3.8) is 0 Å². The third-order valence-corrected chi connectivity index (χ3v) is 7.84. The molecule has 246 valence electrons. The number of para-hydroxylation sites is 1. The van der Waals surface area contributed by atoms with Crippen molar-refractivity contribution in [2.24, 2.45) is 0 Å². The van der Waals surface area contributed by atoms with Crippen LogP contribution in [0.25, 0.3) is 11.0 Å². The maximum Gasteiger partial charge on any atom is 0.433 e. The van der Waals surface area contributed by atoms with Gasteiger partial charge in [-0.25, -0.2) is 0 Å². The lowest BCUT2D eigenvalue weighted by atomic mass is 10.0. The molecule has 0 aliphatic heterocycles. The van der Waals surface area contributed by atoms with Gasteiger partial charge in [0.25, 0.3) is 17.7 Å².